The van der Waals surface area contributed by atoms with Gasteiger partial charge < -0.3 is 5.32 Å². The van der Waals surface area contributed by atoms with Crippen molar-refractivity contribution in [1.29, 1.82) is 0 Å². The molecule has 1 heterocycles. The smallest absolute Gasteiger partial charge is 0.161 e. The summed E-state index contributed by atoms with van der Waals surface area (Å²) in [6, 6.07) is 6.31. The molecule has 1 aliphatic rings. The van der Waals surface area contributed by atoms with Gasteiger partial charge in [0.2, 0.25) is 0 Å². The summed E-state index contributed by atoms with van der Waals surface area (Å²) in [5.74, 6) is 0. The Kier molecular flexibility index (Phi) is 3.00. The number of benzene rings is 1. The molecule has 0 aromatic heterocycles. The number of aryl methyl sites for hydroxylation is 1. The SMILES string of the molecule is Cc1cccc(NC2=NC[C@@H](C)S2)c1C. The van der Waals surface area contributed by atoms with E-state index in [0.717, 1.165) is 11.7 Å². The van der Waals surface area contributed by atoms with Crippen molar-refractivity contribution >= 4 is 22.6 Å². The van der Waals surface area contributed by atoms with Gasteiger partial charge in [-0.3, -0.25) is 4.99 Å². The van der Waals surface area contributed by atoms with Gasteiger partial charge in [0.15, 0.2) is 5.17 Å². The van der Waals surface area contributed by atoms with Crippen LogP contribution >= 0.6 is 11.8 Å². The minimum Gasteiger partial charge on any atom is -0.335 e. The fourth-order valence-corrected chi connectivity index (χ4v) is 2.40. The van der Waals surface area contributed by atoms with E-state index in [1.165, 1.54) is 16.8 Å². The normalized spacial score (nSPS) is 20.2. The molecule has 0 saturated heterocycles. The molecule has 1 N–H and O–H groups in total. The molecule has 0 saturated carbocycles. The lowest BCUT2D eigenvalue weighted by atomic mass is 10.1. The van der Waals surface area contributed by atoms with Crippen LogP contribution in [0.15, 0.2) is 23.2 Å². The first-order valence-electron chi connectivity index (χ1n) is 5.21. The number of anilines is 1. The second kappa shape index (κ2) is 4.27. The number of hydrogen-bond donors (Lipinski definition) is 1. The summed E-state index contributed by atoms with van der Waals surface area (Å²) in [6.07, 6.45) is 0. The van der Waals surface area contributed by atoms with Crippen LogP contribution in [-0.2, 0) is 0 Å². The lowest BCUT2D eigenvalue weighted by molar-refractivity contribution is 0.976. The third-order valence-electron chi connectivity index (χ3n) is 2.65. The quantitative estimate of drug-likeness (QED) is 0.786. The maximum absolute atomic E-state index is 4.45. The van der Waals surface area contributed by atoms with Gasteiger partial charge in [0.25, 0.3) is 0 Å². The second-order valence-electron chi connectivity index (χ2n) is 3.95. The van der Waals surface area contributed by atoms with E-state index in [-0.39, 0.29) is 0 Å². The Morgan fingerprint density at radius 3 is 2.87 bits per heavy atom. The Hall–Kier alpha value is -0.960. The second-order valence-corrected chi connectivity index (χ2v) is 5.37. The van der Waals surface area contributed by atoms with Gasteiger partial charge in [0, 0.05) is 10.9 Å². The molecule has 2 rings (SSSR count). The number of aliphatic imine (C=N–C) groups is 1. The fraction of sp³-hybridized carbons (Fsp3) is 0.417. The van der Waals surface area contributed by atoms with Crippen LogP contribution in [0.2, 0.25) is 0 Å². The van der Waals surface area contributed by atoms with Gasteiger partial charge >= 0.3 is 0 Å². The Morgan fingerprint density at radius 2 is 2.20 bits per heavy atom. The van der Waals surface area contributed by atoms with Gasteiger partial charge in [-0.25, -0.2) is 0 Å². The molecule has 0 aliphatic carbocycles. The van der Waals surface area contributed by atoms with Crippen molar-refractivity contribution in [2.75, 3.05) is 11.9 Å². The van der Waals surface area contributed by atoms with Crippen molar-refractivity contribution in [3.05, 3.63) is 29.3 Å². The van der Waals surface area contributed by atoms with Crippen LogP contribution in [0, 0.1) is 13.8 Å². The molecule has 3 heteroatoms. The molecule has 1 atom stereocenters. The van der Waals surface area contributed by atoms with Crippen molar-refractivity contribution in [2.45, 2.75) is 26.0 Å². The largest absolute Gasteiger partial charge is 0.335 e. The predicted molar refractivity (Wildman–Crippen MR) is 68.9 cm³/mol. The van der Waals surface area contributed by atoms with Crippen molar-refractivity contribution in [1.82, 2.24) is 0 Å². The summed E-state index contributed by atoms with van der Waals surface area (Å²) in [5.41, 5.74) is 3.80. The van der Waals surface area contributed by atoms with E-state index in [1.54, 1.807) is 0 Å². The molecule has 0 spiro atoms. The van der Waals surface area contributed by atoms with Crippen LogP contribution in [0.25, 0.3) is 0 Å². The molecular formula is C12H16N2S. The van der Waals surface area contributed by atoms with Crippen molar-refractivity contribution in [2.24, 2.45) is 4.99 Å². The van der Waals surface area contributed by atoms with Gasteiger partial charge in [-0.15, -0.1) is 0 Å². The van der Waals surface area contributed by atoms with Crippen molar-refractivity contribution in [3.63, 3.8) is 0 Å². The van der Waals surface area contributed by atoms with E-state index in [9.17, 15) is 0 Å². The monoisotopic (exact) mass is 220 g/mol. The zero-order valence-electron chi connectivity index (χ0n) is 9.37. The molecule has 1 aromatic carbocycles. The maximum atomic E-state index is 4.45. The van der Waals surface area contributed by atoms with E-state index in [1.807, 2.05) is 11.8 Å². The molecule has 1 aromatic rings. The zero-order chi connectivity index (χ0) is 10.8. The Labute approximate surface area is 95.2 Å². The minimum atomic E-state index is 0.609. The number of nitrogens with one attached hydrogen (secondary N) is 1. The average Bonchev–Trinajstić information content (AvgIpc) is 2.59. The predicted octanol–water partition coefficient (Wildman–Crippen LogP) is 3.21. The standard InChI is InChI=1S/C12H16N2S/c1-8-5-4-6-11(10(8)3)14-12-13-7-9(2)15-12/h4-6,9H,7H2,1-3H3,(H,13,14)/t9-/m1/s1. The van der Waals surface area contributed by atoms with Crippen LogP contribution in [0.3, 0.4) is 0 Å². The highest BCUT2D eigenvalue weighted by molar-refractivity contribution is 8.15. The van der Waals surface area contributed by atoms with Gasteiger partial charge in [0.05, 0.1) is 6.54 Å². The number of nitrogens with zero attached hydrogens (tertiary/aromatic N) is 1. The van der Waals surface area contributed by atoms with Gasteiger partial charge in [0.1, 0.15) is 0 Å². The Morgan fingerprint density at radius 1 is 1.40 bits per heavy atom. The molecule has 1 aliphatic heterocycles. The first kappa shape index (κ1) is 10.6. The van der Waals surface area contributed by atoms with Crippen molar-refractivity contribution < 1.29 is 0 Å². The average molecular weight is 220 g/mol. The summed E-state index contributed by atoms with van der Waals surface area (Å²) < 4.78 is 0. The molecule has 15 heavy (non-hydrogen) atoms. The molecule has 0 unspecified atom stereocenters. The summed E-state index contributed by atoms with van der Waals surface area (Å²) in [6.45, 7) is 7.40. The first-order valence-corrected chi connectivity index (χ1v) is 6.09. The molecule has 0 amide bonds. The van der Waals surface area contributed by atoms with Gasteiger partial charge in [-0.2, -0.15) is 0 Å². The third kappa shape index (κ3) is 2.34. The van der Waals surface area contributed by atoms with Crippen LogP contribution in [-0.4, -0.2) is 17.0 Å². The lowest BCUT2D eigenvalue weighted by Crippen LogP contribution is -2.07. The zero-order valence-corrected chi connectivity index (χ0v) is 10.2. The molecule has 0 bridgehead atoms. The number of hydrogen-bond acceptors (Lipinski definition) is 3. The van der Waals surface area contributed by atoms with E-state index in [0.29, 0.717) is 5.25 Å². The molecule has 2 nitrogen and oxygen atoms in total. The molecule has 0 fully saturated rings. The molecular weight excluding hydrogens is 204 g/mol. The lowest BCUT2D eigenvalue weighted by Gasteiger charge is -2.10. The summed E-state index contributed by atoms with van der Waals surface area (Å²) in [4.78, 5) is 4.45. The van der Waals surface area contributed by atoms with Crippen LogP contribution in [0.1, 0.15) is 18.1 Å². The highest BCUT2D eigenvalue weighted by Crippen LogP contribution is 2.24. The fourth-order valence-electron chi connectivity index (χ4n) is 1.55. The first-order chi connectivity index (χ1) is 7.16. The third-order valence-corrected chi connectivity index (χ3v) is 3.66. The Bertz CT molecular complexity index is 399. The molecule has 80 valence electrons. The van der Waals surface area contributed by atoms with E-state index >= 15 is 0 Å². The summed E-state index contributed by atoms with van der Waals surface area (Å²) in [5, 5.41) is 5.05. The van der Waals surface area contributed by atoms with Gasteiger partial charge in [-0.1, -0.05) is 30.8 Å². The van der Waals surface area contributed by atoms with Crippen LogP contribution in [0.5, 0.6) is 0 Å². The summed E-state index contributed by atoms with van der Waals surface area (Å²) in [7, 11) is 0. The maximum Gasteiger partial charge on any atom is 0.161 e. The minimum absolute atomic E-state index is 0.609. The summed E-state index contributed by atoms with van der Waals surface area (Å²) >= 11 is 1.81. The highest BCUT2D eigenvalue weighted by Gasteiger charge is 2.15. The molecule has 0 radical (unpaired) electrons. The van der Waals surface area contributed by atoms with Gasteiger partial charge in [-0.05, 0) is 31.0 Å². The van der Waals surface area contributed by atoms with Crippen molar-refractivity contribution in [3.8, 4) is 0 Å². The number of thioether (sulfide) groups is 1. The van der Waals surface area contributed by atoms with Crippen LogP contribution < -0.4 is 5.32 Å². The number of rotatable bonds is 1. The number of amidine groups is 1. The van der Waals surface area contributed by atoms with E-state index in [2.05, 4.69) is 49.3 Å². The van der Waals surface area contributed by atoms with E-state index < -0.39 is 0 Å². The van der Waals surface area contributed by atoms with Crippen LogP contribution in [0.4, 0.5) is 5.69 Å². The van der Waals surface area contributed by atoms with E-state index in [4.69, 9.17) is 0 Å². The Balaban J connectivity index is 2.15. The topological polar surface area (TPSA) is 24.4 Å². The highest BCUT2D eigenvalue weighted by atomic mass is 32.2.